The van der Waals surface area contributed by atoms with E-state index in [4.69, 9.17) is 21.1 Å². The number of aryl methyl sites for hydroxylation is 1. The molecule has 1 aromatic heterocycles. The Kier molecular flexibility index (Phi) is 5.44. The van der Waals surface area contributed by atoms with Crippen LogP contribution in [0, 0.1) is 6.92 Å². The maximum atomic E-state index is 6.03. The van der Waals surface area contributed by atoms with Crippen LogP contribution in [0.25, 0.3) is 0 Å². The lowest BCUT2D eigenvalue weighted by Gasteiger charge is -2.23. The summed E-state index contributed by atoms with van der Waals surface area (Å²) in [4.78, 5) is 10.7. The van der Waals surface area contributed by atoms with Gasteiger partial charge in [0.25, 0.3) is 0 Å². The van der Waals surface area contributed by atoms with E-state index >= 15 is 0 Å². The summed E-state index contributed by atoms with van der Waals surface area (Å²) < 4.78 is 10.6. The van der Waals surface area contributed by atoms with Crippen LogP contribution in [0.2, 0.25) is 5.15 Å². The Hall–Kier alpha value is -2.01. The van der Waals surface area contributed by atoms with E-state index in [1.165, 1.54) is 0 Å². The van der Waals surface area contributed by atoms with Gasteiger partial charge in [0.2, 0.25) is 0 Å². The summed E-state index contributed by atoms with van der Waals surface area (Å²) in [6.45, 7) is 5.41. The highest BCUT2D eigenvalue weighted by molar-refractivity contribution is 6.29. The van der Waals surface area contributed by atoms with Crippen LogP contribution in [-0.2, 0) is 6.54 Å². The Bertz CT molecular complexity index is 629. The van der Waals surface area contributed by atoms with Crippen molar-refractivity contribution in [2.24, 2.45) is 0 Å². The fourth-order valence-electron chi connectivity index (χ4n) is 2.23. The molecule has 0 aliphatic heterocycles. The van der Waals surface area contributed by atoms with Gasteiger partial charge in [0.05, 0.1) is 14.2 Å². The molecule has 2 rings (SSSR count). The first-order valence-corrected chi connectivity index (χ1v) is 7.42. The van der Waals surface area contributed by atoms with Gasteiger partial charge in [-0.05, 0) is 31.5 Å². The van der Waals surface area contributed by atoms with Gasteiger partial charge >= 0.3 is 0 Å². The molecule has 1 aromatic carbocycles. The highest BCUT2D eigenvalue weighted by atomic mass is 35.5. The predicted octanol–water partition coefficient (Wildman–Crippen LogP) is 3.48. The van der Waals surface area contributed by atoms with Crippen molar-refractivity contribution in [3.8, 4) is 11.5 Å². The average molecular weight is 322 g/mol. The number of rotatable bonds is 6. The summed E-state index contributed by atoms with van der Waals surface area (Å²) in [7, 11) is 3.26. The van der Waals surface area contributed by atoms with E-state index in [9.17, 15) is 0 Å². The second-order valence-electron chi connectivity index (χ2n) is 4.80. The monoisotopic (exact) mass is 321 g/mol. The van der Waals surface area contributed by atoms with E-state index in [0.717, 1.165) is 23.7 Å². The smallest absolute Gasteiger partial charge is 0.161 e. The van der Waals surface area contributed by atoms with E-state index in [0.29, 0.717) is 23.3 Å². The molecule has 1 heterocycles. The predicted molar refractivity (Wildman–Crippen MR) is 88.0 cm³/mol. The minimum absolute atomic E-state index is 0.452. The average Bonchev–Trinajstić information content (AvgIpc) is 2.51. The van der Waals surface area contributed by atoms with Gasteiger partial charge in [-0.15, -0.1) is 0 Å². The molecule has 0 fully saturated rings. The third-order valence-corrected chi connectivity index (χ3v) is 3.51. The van der Waals surface area contributed by atoms with Gasteiger partial charge < -0.3 is 14.4 Å². The number of halogens is 1. The molecule has 0 N–H and O–H groups in total. The molecule has 0 atom stereocenters. The Morgan fingerprint density at radius 1 is 1.09 bits per heavy atom. The van der Waals surface area contributed by atoms with Crippen molar-refractivity contribution in [1.82, 2.24) is 9.97 Å². The van der Waals surface area contributed by atoms with Gasteiger partial charge in [0, 0.05) is 19.2 Å². The molecule has 0 amide bonds. The molecule has 22 heavy (non-hydrogen) atoms. The van der Waals surface area contributed by atoms with E-state index in [1.54, 1.807) is 20.3 Å². The van der Waals surface area contributed by atoms with Gasteiger partial charge in [0.15, 0.2) is 11.5 Å². The van der Waals surface area contributed by atoms with Crippen molar-refractivity contribution in [2.45, 2.75) is 20.4 Å². The number of hydrogen-bond acceptors (Lipinski definition) is 5. The lowest BCUT2D eigenvalue weighted by Crippen LogP contribution is -2.23. The summed E-state index contributed by atoms with van der Waals surface area (Å²) >= 11 is 6.03. The Morgan fingerprint density at radius 3 is 2.41 bits per heavy atom. The van der Waals surface area contributed by atoms with Crippen LogP contribution in [0.15, 0.2) is 24.3 Å². The zero-order valence-corrected chi connectivity index (χ0v) is 14.0. The second kappa shape index (κ2) is 7.31. The molecule has 0 spiro atoms. The number of ether oxygens (including phenoxy) is 2. The Balaban J connectivity index is 2.26. The van der Waals surface area contributed by atoms with Crippen LogP contribution in [0.1, 0.15) is 18.3 Å². The van der Waals surface area contributed by atoms with E-state index in [-0.39, 0.29) is 0 Å². The maximum Gasteiger partial charge on any atom is 0.161 e. The van der Waals surface area contributed by atoms with Gasteiger partial charge in [-0.25, -0.2) is 9.97 Å². The highest BCUT2D eigenvalue weighted by Gasteiger charge is 2.11. The van der Waals surface area contributed by atoms with Gasteiger partial charge in [-0.3, -0.25) is 0 Å². The zero-order chi connectivity index (χ0) is 16.1. The third kappa shape index (κ3) is 3.80. The van der Waals surface area contributed by atoms with Crippen molar-refractivity contribution in [3.05, 3.63) is 40.8 Å². The number of methoxy groups -OCH3 is 2. The van der Waals surface area contributed by atoms with Crippen LogP contribution in [0.3, 0.4) is 0 Å². The lowest BCUT2D eigenvalue weighted by atomic mass is 10.2. The first-order chi connectivity index (χ1) is 10.6. The van der Waals surface area contributed by atoms with Crippen molar-refractivity contribution in [3.63, 3.8) is 0 Å². The topological polar surface area (TPSA) is 47.5 Å². The minimum atomic E-state index is 0.452. The SMILES string of the molecule is CCN(Cc1ccc(OC)c(OC)c1)c1cc(Cl)nc(C)n1. The summed E-state index contributed by atoms with van der Waals surface area (Å²) in [5, 5.41) is 0.452. The molecule has 0 bridgehead atoms. The van der Waals surface area contributed by atoms with Crippen molar-refractivity contribution in [2.75, 3.05) is 25.7 Å². The molecule has 6 heteroatoms. The van der Waals surface area contributed by atoms with Crippen LogP contribution >= 0.6 is 11.6 Å². The number of benzene rings is 1. The largest absolute Gasteiger partial charge is 0.493 e. The summed E-state index contributed by atoms with van der Waals surface area (Å²) in [5.74, 6) is 2.91. The summed E-state index contributed by atoms with van der Waals surface area (Å²) in [5.41, 5.74) is 1.10. The van der Waals surface area contributed by atoms with E-state index in [2.05, 4.69) is 21.8 Å². The molecule has 0 unspecified atom stereocenters. The molecule has 0 aliphatic rings. The molecule has 0 saturated heterocycles. The quantitative estimate of drug-likeness (QED) is 0.762. The Morgan fingerprint density at radius 2 is 1.82 bits per heavy atom. The van der Waals surface area contributed by atoms with Crippen LogP contribution in [0.4, 0.5) is 5.82 Å². The van der Waals surface area contributed by atoms with Crippen molar-refractivity contribution < 1.29 is 9.47 Å². The molecule has 5 nitrogen and oxygen atoms in total. The van der Waals surface area contributed by atoms with Gasteiger partial charge in [-0.2, -0.15) is 0 Å². The lowest BCUT2D eigenvalue weighted by molar-refractivity contribution is 0.354. The maximum absolute atomic E-state index is 6.03. The molecule has 118 valence electrons. The fraction of sp³-hybridized carbons (Fsp3) is 0.375. The van der Waals surface area contributed by atoms with E-state index < -0.39 is 0 Å². The molecular weight excluding hydrogens is 302 g/mol. The highest BCUT2D eigenvalue weighted by Crippen LogP contribution is 2.28. The first-order valence-electron chi connectivity index (χ1n) is 7.04. The Labute approximate surface area is 135 Å². The normalized spacial score (nSPS) is 10.4. The number of aromatic nitrogens is 2. The van der Waals surface area contributed by atoms with E-state index in [1.807, 2.05) is 25.1 Å². The second-order valence-corrected chi connectivity index (χ2v) is 5.19. The molecule has 2 aromatic rings. The fourth-order valence-corrected chi connectivity index (χ4v) is 2.45. The van der Waals surface area contributed by atoms with Crippen LogP contribution < -0.4 is 14.4 Å². The molecule has 0 saturated carbocycles. The first kappa shape index (κ1) is 16.4. The third-order valence-electron chi connectivity index (χ3n) is 3.32. The van der Waals surface area contributed by atoms with Gasteiger partial charge in [-0.1, -0.05) is 17.7 Å². The van der Waals surface area contributed by atoms with Gasteiger partial charge in [0.1, 0.15) is 16.8 Å². The summed E-state index contributed by atoms with van der Waals surface area (Å²) in [6.07, 6.45) is 0. The number of hydrogen-bond donors (Lipinski definition) is 0. The summed E-state index contributed by atoms with van der Waals surface area (Å²) in [6, 6.07) is 7.66. The molecule has 0 radical (unpaired) electrons. The molecular formula is C16H20ClN3O2. The number of nitrogens with zero attached hydrogens (tertiary/aromatic N) is 3. The molecule has 0 aliphatic carbocycles. The standard InChI is InChI=1S/C16H20ClN3O2/c1-5-20(16-9-15(17)18-11(2)19-16)10-12-6-7-13(21-3)14(8-12)22-4/h6-9H,5,10H2,1-4H3. The number of anilines is 1. The van der Waals surface area contributed by atoms with Crippen LogP contribution in [-0.4, -0.2) is 30.7 Å². The van der Waals surface area contributed by atoms with Crippen LogP contribution in [0.5, 0.6) is 11.5 Å². The zero-order valence-electron chi connectivity index (χ0n) is 13.3. The van der Waals surface area contributed by atoms with Crippen molar-refractivity contribution >= 4 is 17.4 Å². The minimum Gasteiger partial charge on any atom is -0.493 e. The van der Waals surface area contributed by atoms with Crippen molar-refractivity contribution in [1.29, 1.82) is 0 Å².